The van der Waals surface area contributed by atoms with Gasteiger partial charge in [0.15, 0.2) is 0 Å². The van der Waals surface area contributed by atoms with Crippen LogP contribution in [0.5, 0.6) is 0 Å². The summed E-state index contributed by atoms with van der Waals surface area (Å²) in [7, 11) is -8.52. The molecule has 0 aliphatic carbocycles. The fourth-order valence-electron chi connectivity index (χ4n) is 3.63. The third kappa shape index (κ3) is 6.68. The van der Waals surface area contributed by atoms with Gasteiger partial charge < -0.3 is 0 Å². The number of rotatable bonds is 5. The molecule has 0 saturated heterocycles. The average Bonchev–Trinajstić information content (AvgIpc) is 2.53. The SMILES string of the molecule is CC(C)(C)Cc1cc(-c2ccc(Cl)cc2S(N)(=O)=O)c(S(N)(=O)=O)c(CC(C)(C)C)c1Cl. The van der Waals surface area contributed by atoms with Gasteiger partial charge in [0.25, 0.3) is 0 Å². The predicted octanol–water partition coefficient (Wildman–Crippen LogP) is 5.13. The minimum atomic E-state index is -4.29. The molecule has 178 valence electrons. The highest BCUT2D eigenvalue weighted by molar-refractivity contribution is 7.89. The molecule has 0 atom stereocenters. The van der Waals surface area contributed by atoms with Crippen LogP contribution in [0.4, 0.5) is 0 Å². The molecule has 0 aliphatic rings. The highest BCUT2D eigenvalue weighted by Gasteiger charge is 2.31. The fourth-order valence-corrected chi connectivity index (χ4v) is 5.97. The van der Waals surface area contributed by atoms with Gasteiger partial charge in [0.2, 0.25) is 20.0 Å². The van der Waals surface area contributed by atoms with E-state index in [9.17, 15) is 16.8 Å². The first-order chi connectivity index (χ1) is 14.2. The van der Waals surface area contributed by atoms with Crippen LogP contribution in [0.25, 0.3) is 11.1 Å². The normalized spacial score (nSPS) is 13.4. The zero-order chi connectivity index (χ0) is 24.9. The molecule has 0 spiro atoms. The Hall–Kier alpha value is -1.16. The Morgan fingerprint density at radius 2 is 1.31 bits per heavy atom. The zero-order valence-electron chi connectivity index (χ0n) is 19.1. The lowest BCUT2D eigenvalue weighted by molar-refractivity contribution is 0.403. The summed E-state index contributed by atoms with van der Waals surface area (Å²) in [5.74, 6) is 0. The molecule has 32 heavy (non-hydrogen) atoms. The monoisotopic (exact) mass is 520 g/mol. The Morgan fingerprint density at radius 3 is 1.75 bits per heavy atom. The van der Waals surface area contributed by atoms with E-state index in [2.05, 4.69) is 0 Å². The molecule has 0 radical (unpaired) electrons. The van der Waals surface area contributed by atoms with Crippen molar-refractivity contribution in [3.63, 3.8) is 0 Å². The van der Waals surface area contributed by atoms with Gasteiger partial charge in [0.1, 0.15) is 0 Å². The first-order valence-corrected chi connectivity index (χ1v) is 13.8. The van der Waals surface area contributed by atoms with E-state index in [1.54, 1.807) is 6.07 Å². The van der Waals surface area contributed by atoms with Crippen LogP contribution in [-0.2, 0) is 32.9 Å². The summed E-state index contributed by atoms with van der Waals surface area (Å²) in [6, 6.07) is 5.69. The average molecular weight is 522 g/mol. The molecule has 2 rings (SSSR count). The summed E-state index contributed by atoms with van der Waals surface area (Å²) in [5.41, 5.74) is 0.777. The predicted molar refractivity (Wildman–Crippen MR) is 131 cm³/mol. The molecule has 0 aromatic heterocycles. The maximum atomic E-state index is 12.8. The number of halogens is 2. The summed E-state index contributed by atoms with van der Waals surface area (Å²) in [6.45, 7) is 11.9. The van der Waals surface area contributed by atoms with Crippen molar-refractivity contribution in [3.05, 3.63) is 45.4 Å². The van der Waals surface area contributed by atoms with Crippen LogP contribution < -0.4 is 10.3 Å². The van der Waals surface area contributed by atoms with Gasteiger partial charge in [-0.15, -0.1) is 0 Å². The fraction of sp³-hybridized carbons (Fsp3) is 0.455. The minimum absolute atomic E-state index is 0.0999. The summed E-state index contributed by atoms with van der Waals surface area (Å²) in [4.78, 5) is -0.497. The smallest absolute Gasteiger partial charge is 0.225 e. The van der Waals surface area contributed by atoms with Crippen molar-refractivity contribution in [2.75, 3.05) is 0 Å². The van der Waals surface area contributed by atoms with Crippen LogP contribution in [0.3, 0.4) is 0 Å². The lowest BCUT2D eigenvalue weighted by Crippen LogP contribution is -2.22. The molecule has 4 N–H and O–H groups in total. The highest BCUT2D eigenvalue weighted by atomic mass is 35.5. The third-order valence-corrected chi connectivity index (χ3v) is 7.33. The van der Waals surface area contributed by atoms with Crippen LogP contribution in [0.15, 0.2) is 34.1 Å². The number of nitrogens with two attached hydrogens (primary N) is 2. The van der Waals surface area contributed by atoms with E-state index in [0.29, 0.717) is 29.0 Å². The van der Waals surface area contributed by atoms with Gasteiger partial charge in [-0.1, -0.05) is 70.8 Å². The van der Waals surface area contributed by atoms with E-state index in [1.165, 1.54) is 18.2 Å². The van der Waals surface area contributed by atoms with Gasteiger partial charge in [-0.25, -0.2) is 27.1 Å². The number of benzene rings is 2. The number of primary sulfonamides is 2. The number of sulfonamides is 2. The van der Waals surface area contributed by atoms with Crippen molar-refractivity contribution >= 4 is 43.2 Å². The van der Waals surface area contributed by atoms with E-state index in [4.69, 9.17) is 33.5 Å². The molecule has 0 amide bonds. The molecule has 10 heteroatoms. The Morgan fingerprint density at radius 1 is 0.781 bits per heavy atom. The maximum Gasteiger partial charge on any atom is 0.238 e. The Bertz CT molecular complexity index is 1260. The standard InChI is InChI=1S/C22H30Cl2N2O4S2/c1-21(2,3)11-13-9-16(15-8-7-14(23)10-18(15)31(25,27)28)20(32(26,29)30)17(19(13)24)12-22(4,5)6/h7-10H,11-12H2,1-6H3,(H2,25,27,28)(H2,26,29,30). The van der Waals surface area contributed by atoms with Crippen LogP contribution in [0.2, 0.25) is 10.0 Å². The van der Waals surface area contributed by atoms with Gasteiger partial charge in [0.05, 0.1) is 9.79 Å². The quantitative estimate of drug-likeness (QED) is 0.567. The van der Waals surface area contributed by atoms with Crippen LogP contribution in [0, 0.1) is 10.8 Å². The lowest BCUT2D eigenvalue weighted by atomic mass is 9.83. The second-order valence-corrected chi connectivity index (χ2v) is 14.3. The second-order valence-electron chi connectivity index (χ2n) is 10.4. The Labute approximate surface area is 201 Å². The van der Waals surface area contributed by atoms with Crippen molar-refractivity contribution in [2.24, 2.45) is 21.1 Å². The van der Waals surface area contributed by atoms with Gasteiger partial charge >= 0.3 is 0 Å². The molecular formula is C22H30Cl2N2O4S2. The molecule has 2 aromatic rings. The molecule has 2 aromatic carbocycles. The number of hydrogen-bond donors (Lipinski definition) is 2. The van der Waals surface area contributed by atoms with Crippen LogP contribution in [0.1, 0.15) is 52.7 Å². The highest BCUT2D eigenvalue weighted by Crippen LogP contribution is 2.43. The zero-order valence-corrected chi connectivity index (χ0v) is 22.2. The largest absolute Gasteiger partial charge is 0.238 e. The summed E-state index contributed by atoms with van der Waals surface area (Å²) < 4.78 is 50.3. The second kappa shape index (κ2) is 8.89. The van der Waals surface area contributed by atoms with E-state index in [1.807, 2.05) is 41.5 Å². The van der Waals surface area contributed by atoms with E-state index >= 15 is 0 Å². The van der Waals surface area contributed by atoms with Gasteiger partial charge in [0, 0.05) is 21.2 Å². The molecular weight excluding hydrogens is 491 g/mol. The van der Waals surface area contributed by atoms with Gasteiger partial charge in [-0.2, -0.15) is 0 Å². The molecule has 0 heterocycles. The lowest BCUT2D eigenvalue weighted by Gasteiger charge is -2.27. The first-order valence-electron chi connectivity index (χ1n) is 9.90. The van der Waals surface area contributed by atoms with Gasteiger partial charge in [-0.3, -0.25) is 0 Å². The van der Waals surface area contributed by atoms with Crippen molar-refractivity contribution in [2.45, 2.75) is 64.2 Å². The third-order valence-electron chi connectivity index (χ3n) is 4.64. The molecule has 0 saturated carbocycles. The van der Waals surface area contributed by atoms with E-state index in [-0.39, 0.29) is 36.8 Å². The van der Waals surface area contributed by atoms with E-state index < -0.39 is 20.0 Å². The maximum absolute atomic E-state index is 12.8. The molecule has 6 nitrogen and oxygen atoms in total. The molecule has 0 fully saturated rings. The van der Waals surface area contributed by atoms with Crippen LogP contribution in [-0.4, -0.2) is 16.8 Å². The van der Waals surface area contributed by atoms with E-state index in [0.717, 1.165) is 0 Å². The van der Waals surface area contributed by atoms with Crippen molar-refractivity contribution < 1.29 is 16.8 Å². The molecule has 0 aliphatic heterocycles. The van der Waals surface area contributed by atoms with Crippen molar-refractivity contribution in [3.8, 4) is 11.1 Å². The minimum Gasteiger partial charge on any atom is -0.225 e. The van der Waals surface area contributed by atoms with Crippen molar-refractivity contribution in [1.82, 2.24) is 0 Å². The summed E-state index contributed by atoms with van der Waals surface area (Å²) in [5, 5.41) is 11.6. The number of hydrogen-bond acceptors (Lipinski definition) is 4. The van der Waals surface area contributed by atoms with Gasteiger partial charge in [-0.05, 0) is 53.0 Å². The molecule has 0 unspecified atom stereocenters. The Kier molecular flexibility index (Phi) is 7.52. The molecule has 0 bridgehead atoms. The first kappa shape index (κ1) is 27.1. The topological polar surface area (TPSA) is 120 Å². The Balaban J connectivity index is 3.13. The van der Waals surface area contributed by atoms with Crippen LogP contribution >= 0.6 is 23.2 Å². The van der Waals surface area contributed by atoms with Crippen molar-refractivity contribution in [1.29, 1.82) is 0 Å². The summed E-state index contributed by atoms with van der Waals surface area (Å²) >= 11 is 12.8. The summed E-state index contributed by atoms with van der Waals surface area (Å²) in [6.07, 6.45) is 0.833.